The van der Waals surface area contributed by atoms with Crippen LogP contribution in [-0.2, 0) is 14.3 Å². The highest BCUT2D eigenvalue weighted by Gasteiger charge is 2.32. The van der Waals surface area contributed by atoms with Gasteiger partial charge in [-0.25, -0.2) is 0 Å². The topological polar surface area (TPSA) is 45.3 Å². The molecule has 0 aliphatic carbocycles. The molecule has 0 saturated carbocycles. The molecule has 0 aromatic rings. The number of likely N-dealkylation sites (N-methyl/N-ethyl adjacent to an activating group) is 1. The Kier molecular flexibility index (Phi) is 8.84. The van der Waals surface area contributed by atoms with E-state index in [2.05, 4.69) is 9.80 Å². The van der Waals surface area contributed by atoms with Gasteiger partial charge in [0, 0.05) is 60.0 Å². The minimum atomic E-state index is -0.0733. The summed E-state index contributed by atoms with van der Waals surface area (Å²) < 4.78 is 10.8. The summed E-state index contributed by atoms with van der Waals surface area (Å²) in [5.74, 6) is 0.174. The van der Waals surface area contributed by atoms with Gasteiger partial charge in [-0.3, -0.25) is 14.6 Å². The van der Waals surface area contributed by atoms with E-state index in [4.69, 9.17) is 9.47 Å². The quantitative estimate of drug-likeness (QED) is 0.567. The first kappa shape index (κ1) is 18.4. The molecule has 1 aliphatic rings. The standard InChI is InChI=1S/C15H31N3O3/c1-5-20-11-9-17-7-8-18(10-12-21-6-2)14(13-17)15(19)16(3)4/h14H,5-13H2,1-4H3. The smallest absolute Gasteiger partial charge is 0.240 e. The SMILES string of the molecule is CCOCCN1CCN(CCOCC)C(C(=O)N(C)C)C1. The molecule has 124 valence electrons. The van der Waals surface area contributed by atoms with Crippen molar-refractivity contribution in [1.82, 2.24) is 14.7 Å². The van der Waals surface area contributed by atoms with Crippen LogP contribution in [0.25, 0.3) is 0 Å². The zero-order chi connectivity index (χ0) is 15.7. The molecule has 1 fully saturated rings. The van der Waals surface area contributed by atoms with E-state index in [-0.39, 0.29) is 11.9 Å². The second-order valence-electron chi connectivity index (χ2n) is 5.48. The molecule has 1 unspecified atom stereocenters. The van der Waals surface area contributed by atoms with Crippen molar-refractivity contribution in [2.45, 2.75) is 19.9 Å². The molecule has 0 spiro atoms. The molecule has 0 aromatic carbocycles. The normalized spacial score (nSPS) is 20.7. The number of piperazine rings is 1. The van der Waals surface area contributed by atoms with Gasteiger partial charge in [-0.15, -0.1) is 0 Å². The van der Waals surface area contributed by atoms with E-state index in [0.717, 1.165) is 52.5 Å². The van der Waals surface area contributed by atoms with E-state index in [1.165, 1.54) is 0 Å². The fraction of sp³-hybridized carbons (Fsp3) is 0.933. The van der Waals surface area contributed by atoms with E-state index in [1.54, 1.807) is 4.90 Å². The Morgan fingerprint density at radius 2 is 1.71 bits per heavy atom. The first-order chi connectivity index (χ1) is 10.1. The molecule has 6 nitrogen and oxygen atoms in total. The van der Waals surface area contributed by atoms with Crippen molar-refractivity contribution in [3.8, 4) is 0 Å². The highest BCUT2D eigenvalue weighted by atomic mass is 16.5. The molecule has 1 saturated heterocycles. The van der Waals surface area contributed by atoms with E-state index >= 15 is 0 Å². The number of hydrogen-bond donors (Lipinski definition) is 0. The van der Waals surface area contributed by atoms with Crippen LogP contribution in [-0.4, -0.2) is 99.9 Å². The first-order valence-corrected chi connectivity index (χ1v) is 7.93. The number of nitrogens with zero attached hydrogens (tertiary/aromatic N) is 3. The van der Waals surface area contributed by atoms with Crippen LogP contribution in [0.3, 0.4) is 0 Å². The molecule has 1 heterocycles. The third-order valence-corrected chi connectivity index (χ3v) is 3.78. The van der Waals surface area contributed by atoms with Crippen LogP contribution in [0.5, 0.6) is 0 Å². The zero-order valence-corrected chi connectivity index (χ0v) is 14.0. The van der Waals surface area contributed by atoms with E-state index in [0.29, 0.717) is 6.61 Å². The Balaban J connectivity index is 2.54. The number of ether oxygens (including phenoxy) is 2. The Labute approximate surface area is 129 Å². The maximum absolute atomic E-state index is 12.4. The summed E-state index contributed by atoms with van der Waals surface area (Å²) in [4.78, 5) is 18.7. The molecule has 0 bridgehead atoms. The van der Waals surface area contributed by atoms with Crippen LogP contribution in [0.2, 0.25) is 0 Å². The lowest BCUT2D eigenvalue weighted by Crippen LogP contribution is -2.59. The summed E-state index contributed by atoms with van der Waals surface area (Å²) in [5.41, 5.74) is 0. The number of carbonyl (C=O) groups excluding carboxylic acids is 1. The van der Waals surface area contributed by atoms with Crippen LogP contribution in [0.1, 0.15) is 13.8 Å². The number of rotatable bonds is 9. The van der Waals surface area contributed by atoms with Gasteiger partial charge in [-0.1, -0.05) is 0 Å². The van der Waals surface area contributed by atoms with Gasteiger partial charge in [0.25, 0.3) is 0 Å². The molecule has 1 atom stereocenters. The Morgan fingerprint density at radius 3 is 2.29 bits per heavy atom. The van der Waals surface area contributed by atoms with Crippen LogP contribution in [0, 0.1) is 0 Å². The third-order valence-electron chi connectivity index (χ3n) is 3.78. The van der Waals surface area contributed by atoms with Crippen molar-refractivity contribution in [2.24, 2.45) is 0 Å². The molecule has 0 N–H and O–H groups in total. The highest BCUT2D eigenvalue weighted by Crippen LogP contribution is 2.11. The van der Waals surface area contributed by atoms with Crippen molar-refractivity contribution in [1.29, 1.82) is 0 Å². The van der Waals surface area contributed by atoms with E-state index in [1.807, 2.05) is 27.9 Å². The van der Waals surface area contributed by atoms with E-state index in [9.17, 15) is 4.79 Å². The Hall–Kier alpha value is -0.690. The van der Waals surface area contributed by atoms with Crippen LogP contribution >= 0.6 is 0 Å². The van der Waals surface area contributed by atoms with Crippen molar-refractivity contribution < 1.29 is 14.3 Å². The van der Waals surface area contributed by atoms with Gasteiger partial charge in [0.1, 0.15) is 6.04 Å². The van der Waals surface area contributed by atoms with Crippen molar-refractivity contribution in [3.05, 3.63) is 0 Å². The Morgan fingerprint density at radius 1 is 1.10 bits per heavy atom. The fourth-order valence-corrected chi connectivity index (χ4v) is 2.54. The largest absolute Gasteiger partial charge is 0.380 e. The molecule has 1 aliphatic heterocycles. The lowest BCUT2D eigenvalue weighted by Gasteiger charge is -2.41. The van der Waals surface area contributed by atoms with Crippen molar-refractivity contribution >= 4 is 5.91 Å². The lowest BCUT2D eigenvalue weighted by molar-refractivity contribution is -0.137. The zero-order valence-electron chi connectivity index (χ0n) is 14.0. The summed E-state index contributed by atoms with van der Waals surface area (Å²) in [6.07, 6.45) is 0. The molecular weight excluding hydrogens is 270 g/mol. The predicted octanol–water partition coefficient (Wildman–Crippen LogP) is 0.134. The second kappa shape index (κ2) is 10.1. The summed E-state index contributed by atoms with van der Waals surface area (Å²) >= 11 is 0. The number of carbonyl (C=O) groups is 1. The molecule has 0 radical (unpaired) electrons. The third kappa shape index (κ3) is 6.30. The van der Waals surface area contributed by atoms with Gasteiger partial charge >= 0.3 is 0 Å². The maximum atomic E-state index is 12.4. The second-order valence-corrected chi connectivity index (χ2v) is 5.48. The summed E-state index contributed by atoms with van der Waals surface area (Å²) in [6, 6.07) is -0.0733. The Bertz CT molecular complexity index is 300. The number of amides is 1. The summed E-state index contributed by atoms with van der Waals surface area (Å²) in [6.45, 7) is 11.3. The van der Waals surface area contributed by atoms with Gasteiger partial charge in [0.05, 0.1) is 13.2 Å². The highest BCUT2D eigenvalue weighted by molar-refractivity contribution is 5.81. The maximum Gasteiger partial charge on any atom is 0.240 e. The average Bonchev–Trinajstić information content (AvgIpc) is 2.48. The van der Waals surface area contributed by atoms with Crippen LogP contribution < -0.4 is 0 Å². The van der Waals surface area contributed by atoms with Gasteiger partial charge in [0.2, 0.25) is 5.91 Å². The molecule has 21 heavy (non-hydrogen) atoms. The average molecular weight is 301 g/mol. The first-order valence-electron chi connectivity index (χ1n) is 7.93. The van der Waals surface area contributed by atoms with Gasteiger partial charge in [-0.05, 0) is 13.8 Å². The molecule has 6 heteroatoms. The van der Waals surface area contributed by atoms with Crippen molar-refractivity contribution in [3.63, 3.8) is 0 Å². The van der Waals surface area contributed by atoms with Gasteiger partial charge < -0.3 is 14.4 Å². The molecule has 1 rings (SSSR count). The summed E-state index contributed by atoms with van der Waals surface area (Å²) in [7, 11) is 3.64. The molecular formula is C15H31N3O3. The van der Waals surface area contributed by atoms with Crippen molar-refractivity contribution in [2.75, 3.05) is 73.2 Å². The van der Waals surface area contributed by atoms with Crippen LogP contribution in [0.4, 0.5) is 0 Å². The van der Waals surface area contributed by atoms with Crippen LogP contribution in [0.15, 0.2) is 0 Å². The molecule has 0 aromatic heterocycles. The monoisotopic (exact) mass is 301 g/mol. The lowest BCUT2D eigenvalue weighted by atomic mass is 10.1. The minimum absolute atomic E-state index is 0.0733. The van der Waals surface area contributed by atoms with Gasteiger partial charge in [-0.2, -0.15) is 0 Å². The van der Waals surface area contributed by atoms with Gasteiger partial charge in [0.15, 0.2) is 0 Å². The van der Waals surface area contributed by atoms with E-state index < -0.39 is 0 Å². The number of hydrogen-bond acceptors (Lipinski definition) is 5. The molecule has 1 amide bonds. The summed E-state index contributed by atoms with van der Waals surface area (Å²) in [5, 5.41) is 0. The minimum Gasteiger partial charge on any atom is -0.380 e. The fourth-order valence-electron chi connectivity index (χ4n) is 2.54. The predicted molar refractivity (Wildman–Crippen MR) is 83.5 cm³/mol.